The Kier molecular flexibility index (Phi) is 4.34. The van der Waals surface area contributed by atoms with Gasteiger partial charge in [-0.05, 0) is 43.1 Å². The number of aryl methyl sites for hydroxylation is 1. The first-order valence-corrected chi connectivity index (χ1v) is 7.66. The predicted octanol–water partition coefficient (Wildman–Crippen LogP) is 2.69. The summed E-state index contributed by atoms with van der Waals surface area (Å²) in [6.07, 6.45) is 1.73. The summed E-state index contributed by atoms with van der Waals surface area (Å²) in [7, 11) is 3.67. The van der Waals surface area contributed by atoms with E-state index in [0.29, 0.717) is 19.7 Å². The van der Waals surface area contributed by atoms with Crippen LogP contribution in [-0.4, -0.2) is 30.7 Å². The van der Waals surface area contributed by atoms with E-state index in [-0.39, 0.29) is 0 Å². The molecule has 1 N–H and O–H groups in total. The Bertz CT molecular complexity index is 637. The molecule has 3 rings (SSSR count). The first-order chi connectivity index (χ1) is 10.6. The van der Waals surface area contributed by atoms with Crippen molar-refractivity contribution in [1.29, 1.82) is 0 Å². The number of aliphatic hydroxyl groups is 1. The number of nitrogens with zero attached hydrogens (tertiary/aromatic N) is 1. The number of benzene rings is 1. The summed E-state index contributed by atoms with van der Waals surface area (Å²) in [5.74, 6) is 1.72. The average molecular weight is 301 g/mol. The molecule has 4 heteroatoms. The molecule has 118 valence electrons. The van der Waals surface area contributed by atoms with Crippen LogP contribution in [0.2, 0.25) is 0 Å². The molecule has 1 aliphatic rings. The van der Waals surface area contributed by atoms with E-state index >= 15 is 0 Å². The van der Waals surface area contributed by atoms with Gasteiger partial charge in [0.1, 0.15) is 23.7 Å². The van der Waals surface area contributed by atoms with Crippen molar-refractivity contribution in [3.8, 4) is 0 Å². The molecule has 4 nitrogen and oxygen atoms in total. The highest BCUT2D eigenvalue weighted by Gasteiger charge is 2.37. The molecule has 22 heavy (non-hydrogen) atoms. The van der Waals surface area contributed by atoms with Crippen molar-refractivity contribution in [1.82, 2.24) is 4.90 Å². The molecule has 0 saturated heterocycles. The molecule has 0 saturated carbocycles. The van der Waals surface area contributed by atoms with E-state index in [4.69, 9.17) is 9.15 Å². The van der Waals surface area contributed by atoms with Crippen LogP contribution >= 0.6 is 0 Å². The molecule has 0 radical (unpaired) electrons. The lowest BCUT2D eigenvalue weighted by molar-refractivity contribution is 0.00400. The van der Waals surface area contributed by atoms with Crippen LogP contribution in [0.5, 0.6) is 0 Å². The van der Waals surface area contributed by atoms with Crippen LogP contribution in [0.25, 0.3) is 0 Å². The summed E-state index contributed by atoms with van der Waals surface area (Å²) in [6.45, 7) is 1.76. The Hall–Kier alpha value is -1.62. The minimum atomic E-state index is -0.757. The van der Waals surface area contributed by atoms with Crippen molar-refractivity contribution in [3.63, 3.8) is 0 Å². The number of rotatable bonds is 6. The van der Waals surface area contributed by atoms with Gasteiger partial charge in [-0.2, -0.15) is 0 Å². The van der Waals surface area contributed by atoms with Gasteiger partial charge in [0.15, 0.2) is 0 Å². The summed E-state index contributed by atoms with van der Waals surface area (Å²) < 4.78 is 10.8. The zero-order valence-corrected chi connectivity index (χ0v) is 13.2. The molecule has 0 amide bonds. The quantitative estimate of drug-likeness (QED) is 0.891. The third-order valence-electron chi connectivity index (χ3n) is 4.29. The molecule has 0 spiro atoms. The maximum atomic E-state index is 11.0. The third kappa shape index (κ3) is 3.09. The van der Waals surface area contributed by atoms with Crippen molar-refractivity contribution < 1.29 is 14.3 Å². The van der Waals surface area contributed by atoms with Crippen LogP contribution in [0, 0.1) is 0 Å². The van der Waals surface area contributed by atoms with Gasteiger partial charge in [-0.25, -0.2) is 0 Å². The normalized spacial score (nSPS) is 20.5. The van der Waals surface area contributed by atoms with Crippen LogP contribution in [-0.2, 0) is 29.9 Å². The molecule has 0 aliphatic heterocycles. The second-order valence-electron chi connectivity index (χ2n) is 6.16. The Balaban J connectivity index is 1.65. The van der Waals surface area contributed by atoms with Gasteiger partial charge in [-0.15, -0.1) is 0 Å². The van der Waals surface area contributed by atoms with E-state index in [2.05, 4.69) is 11.0 Å². The Morgan fingerprint density at radius 1 is 1.23 bits per heavy atom. The molecular weight excluding hydrogens is 278 g/mol. The SMILES string of the molecule is COCc1ccc(CN(C)CC2(O)CCc3ccccc32)o1. The van der Waals surface area contributed by atoms with E-state index in [1.165, 1.54) is 5.56 Å². The summed E-state index contributed by atoms with van der Waals surface area (Å²) in [5.41, 5.74) is 1.58. The zero-order chi connectivity index (χ0) is 15.6. The number of methoxy groups -OCH3 is 1. The van der Waals surface area contributed by atoms with Gasteiger partial charge in [-0.3, -0.25) is 4.90 Å². The first-order valence-electron chi connectivity index (χ1n) is 7.66. The number of hydrogen-bond donors (Lipinski definition) is 1. The van der Waals surface area contributed by atoms with E-state index < -0.39 is 5.60 Å². The highest BCUT2D eigenvalue weighted by molar-refractivity contribution is 5.37. The third-order valence-corrected chi connectivity index (χ3v) is 4.29. The second kappa shape index (κ2) is 6.24. The summed E-state index contributed by atoms with van der Waals surface area (Å²) in [4.78, 5) is 2.11. The van der Waals surface area contributed by atoms with E-state index in [9.17, 15) is 5.11 Å². The standard InChI is InChI=1S/C18H23NO3/c1-19(11-15-7-8-16(22-15)12-21-2)13-18(20)10-9-14-5-3-4-6-17(14)18/h3-8,20H,9-13H2,1-2H3. The van der Waals surface area contributed by atoms with Gasteiger partial charge < -0.3 is 14.3 Å². The topological polar surface area (TPSA) is 45.8 Å². The Morgan fingerprint density at radius 2 is 2.00 bits per heavy atom. The lowest BCUT2D eigenvalue weighted by Crippen LogP contribution is -2.37. The number of hydrogen-bond acceptors (Lipinski definition) is 4. The number of fused-ring (bicyclic) bond motifs is 1. The zero-order valence-electron chi connectivity index (χ0n) is 13.2. The van der Waals surface area contributed by atoms with Gasteiger partial charge in [0.05, 0.1) is 6.54 Å². The summed E-state index contributed by atoms with van der Waals surface area (Å²) in [5, 5.41) is 11.0. The van der Waals surface area contributed by atoms with Crippen LogP contribution in [0.15, 0.2) is 40.8 Å². The van der Waals surface area contributed by atoms with E-state index in [1.54, 1.807) is 7.11 Å². The minimum Gasteiger partial charge on any atom is -0.462 e. The first kappa shape index (κ1) is 15.3. The van der Waals surface area contributed by atoms with Gasteiger partial charge in [0, 0.05) is 13.7 Å². The van der Waals surface area contributed by atoms with Gasteiger partial charge in [-0.1, -0.05) is 24.3 Å². The van der Waals surface area contributed by atoms with Gasteiger partial charge in [0.25, 0.3) is 0 Å². The molecule has 1 aromatic carbocycles. The lowest BCUT2D eigenvalue weighted by atomic mass is 9.95. The minimum absolute atomic E-state index is 0.487. The number of ether oxygens (including phenoxy) is 1. The molecular formula is C18H23NO3. The van der Waals surface area contributed by atoms with Crippen molar-refractivity contribution in [2.24, 2.45) is 0 Å². The summed E-state index contributed by atoms with van der Waals surface area (Å²) in [6, 6.07) is 12.1. The number of furan rings is 1. The maximum absolute atomic E-state index is 11.0. The van der Waals surface area contributed by atoms with Crippen molar-refractivity contribution in [2.75, 3.05) is 20.7 Å². The highest BCUT2D eigenvalue weighted by atomic mass is 16.5. The molecule has 2 aromatic rings. The van der Waals surface area contributed by atoms with Gasteiger partial charge >= 0.3 is 0 Å². The van der Waals surface area contributed by atoms with E-state index in [1.807, 2.05) is 37.4 Å². The van der Waals surface area contributed by atoms with Gasteiger partial charge in [0.2, 0.25) is 0 Å². The van der Waals surface area contributed by atoms with Crippen molar-refractivity contribution >= 4 is 0 Å². The smallest absolute Gasteiger partial charge is 0.129 e. The lowest BCUT2D eigenvalue weighted by Gasteiger charge is -2.29. The molecule has 1 unspecified atom stereocenters. The number of likely N-dealkylation sites (N-methyl/N-ethyl adjacent to an activating group) is 1. The largest absolute Gasteiger partial charge is 0.462 e. The molecule has 1 atom stereocenters. The average Bonchev–Trinajstić information content (AvgIpc) is 3.05. The maximum Gasteiger partial charge on any atom is 0.129 e. The second-order valence-corrected chi connectivity index (χ2v) is 6.16. The molecule has 0 fully saturated rings. The van der Waals surface area contributed by atoms with Crippen LogP contribution in [0.1, 0.15) is 29.1 Å². The fourth-order valence-corrected chi connectivity index (χ4v) is 3.33. The summed E-state index contributed by atoms with van der Waals surface area (Å²) >= 11 is 0. The molecule has 0 bridgehead atoms. The van der Waals surface area contributed by atoms with Crippen LogP contribution < -0.4 is 0 Å². The van der Waals surface area contributed by atoms with E-state index in [0.717, 1.165) is 29.9 Å². The molecule has 1 aromatic heterocycles. The van der Waals surface area contributed by atoms with Crippen molar-refractivity contribution in [3.05, 3.63) is 59.0 Å². The molecule has 1 heterocycles. The van der Waals surface area contributed by atoms with Crippen molar-refractivity contribution in [2.45, 2.75) is 31.6 Å². The Labute approximate surface area is 131 Å². The predicted molar refractivity (Wildman–Crippen MR) is 84.4 cm³/mol. The highest BCUT2D eigenvalue weighted by Crippen LogP contribution is 2.37. The molecule has 1 aliphatic carbocycles. The fraction of sp³-hybridized carbons (Fsp3) is 0.444. The monoisotopic (exact) mass is 301 g/mol. The Morgan fingerprint density at radius 3 is 2.82 bits per heavy atom. The fourth-order valence-electron chi connectivity index (χ4n) is 3.33. The van der Waals surface area contributed by atoms with Crippen LogP contribution in [0.4, 0.5) is 0 Å². The van der Waals surface area contributed by atoms with Crippen LogP contribution in [0.3, 0.4) is 0 Å².